The number of anilines is 1. The van der Waals surface area contributed by atoms with E-state index in [0.717, 1.165) is 6.42 Å². The van der Waals surface area contributed by atoms with Crippen molar-refractivity contribution in [2.24, 2.45) is 0 Å². The Kier molecular flexibility index (Phi) is 8.28. The van der Waals surface area contributed by atoms with E-state index in [4.69, 9.17) is 4.74 Å². The molecule has 0 aliphatic rings. The van der Waals surface area contributed by atoms with Gasteiger partial charge in [0.15, 0.2) is 0 Å². The smallest absolute Gasteiger partial charge is 0.321 e. The van der Waals surface area contributed by atoms with Crippen molar-refractivity contribution < 1.29 is 19.1 Å². The number of rotatable bonds is 8. The molecule has 1 aromatic carbocycles. The lowest BCUT2D eigenvalue weighted by Gasteiger charge is -2.20. The molecule has 0 saturated heterocycles. The molecule has 0 saturated carbocycles. The number of ether oxygens (including phenoxy) is 1. The summed E-state index contributed by atoms with van der Waals surface area (Å²) in [6.07, 6.45) is 0.773. The van der Waals surface area contributed by atoms with Crippen LogP contribution < -0.4 is 20.7 Å². The minimum Gasteiger partial charge on any atom is -0.495 e. The van der Waals surface area contributed by atoms with E-state index in [9.17, 15) is 14.4 Å². The van der Waals surface area contributed by atoms with Gasteiger partial charge in [0.05, 0.1) is 25.9 Å². The van der Waals surface area contributed by atoms with Crippen LogP contribution in [0.5, 0.6) is 5.75 Å². The molecule has 0 aliphatic heterocycles. The number of hydrogen-bond donors (Lipinski definition) is 3. The highest BCUT2D eigenvalue weighted by Gasteiger charge is 2.16. The molecule has 0 unspecified atom stereocenters. The van der Waals surface area contributed by atoms with Crippen LogP contribution in [0.4, 0.5) is 10.5 Å². The monoisotopic (exact) mass is 336 g/mol. The number of carbonyl (C=O) groups excluding carboxylic acids is 3. The van der Waals surface area contributed by atoms with Gasteiger partial charge in [0.2, 0.25) is 11.8 Å². The molecule has 1 aromatic rings. The highest BCUT2D eigenvalue weighted by Crippen LogP contribution is 2.22. The van der Waals surface area contributed by atoms with Crippen LogP contribution in [-0.4, -0.2) is 56.5 Å². The number of amides is 4. The quantitative estimate of drug-likeness (QED) is 0.652. The second kappa shape index (κ2) is 10.2. The summed E-state index contributed by atoms with van der Waals surface area (Å²) in [6, 6.07) is 6.50. The van der Waals surface area contributed by atoms with Crippen molar-refractivity contribution in [3.05, 3.63) is 24.3 Å². The first kappa shape index (κ1) is 19.4. The number of para-hydroxylation sites is 2. The zero-order valence-electron chi connectivity index (χ0n) is 14.2. The summed E-state index contributed by atoms with van der Waals surface area (Å²) < 4.78 is 5.18. The maximum atomic E-state index is 12.2. The van der Waals surface area contributed by atoms with Gasteiger partial charge in [0, 0.05) is 7.05 Å². The van der Waals surface area contributed by atoms with Crippen LogP contribution in [0, 0.1) is 0 Å². The van der Waals surface area contributed by atoms with E-state index in [1.165, 1.54) is 14.2 Å². The molecule has 8 nitrogen and oxygen atoms in total. The lowest BCUT2D eigenvalue weighted by atomic mass is 10.3. The van der Waals surface area contributed by atoms with Gasteiger partial charge in [-0.25, -0.2) is 4.79 Å². The van der Waals surface area contributed by atoms with Gasteiger partial charge in [-0.1, -0.05) is 19.1 Å². The van der Waals surface area contributed by atoms with E-state index in [0.29, 0.717) is 18.0 Å². The molecule has 0 atom stereocenters. The van der Waals surface area contributed by atoms with Crippen molar-refractivity contribution in [3.63, 3.8) is 0 Å². The molecule has 4 amide bonds. The van der Waals surface area contributed by atoms with Crippen molar-refractivity contribution in [2.75, 3.05) is 39.1 Å². The molecular formula is C16H24N4O4. The minimum absolute atomic E-state index is 0.0348. The third-order valence-electron chi connectivity index (χ3n) is 3.14. The number of nitrogens with zero attached hydrogens (tertiary/aromatic N) is 1. The Morgan fingerprint density at radius 2 is 1.79 bits per heavy atom. The van der Waals surface area contributed by atoms with Crippen molar-refractivity contribution in [1.29, 1.82) is 0 Å². The van der Waals surface area contributed by atoms with E-state index in [2.05, 4.69) is 16.0 Å². The number of nitrogens with one attached hydrogen (secondary N) is 3. The third-order valence-corrected chi connectivity index (χ3v) is 3.14. The molecule has 0 spiro atoms. The summed E-state index contributed by atoms with van der Waals surface area (Å²) in [5, 5.41) is 7.24. The largest absolute Gasteiger partial charge is 0.495 e. The Balaban J connectivity index is 2.62. The molecule has 0 aliphatic carbocycles. The predicted octanol–water partition coefficient (Wildman–Crippen LogP) is 0.801. The van der Waals surface area contributed by atoms with Gasteiger partial charge in [-0.05, 0) is 25.1 Å². The zero-order chi connectivity index (χ0) is 17.9. The van der Waals surface area contributed by atoms with E-state index in [-0.39, 0.29) is 19.0 Å². The fraction of sp³-hybridized carbons (Fsp3) is 0.438. The Morgan fingerprint density at radius 1 is 1.12 bits per heavy atom. The van der Waals surface area contributed by atoms with Gasteiger partial charge >= 0.3 is 6.03 Å². The van der Waals surface area contributed by atoms with Gasteiger partial charge in [0.25, 0.3) is 0 Å². The Bertz CT molecular complexity index is 577. The van der Waals surface area contributed by atoms with E-state index >= 15 is 0 Å². The molecule has 0 bridgehead atoms. The van der Waals surface area contributed by atoms with Crippen LogP contribution in [-0.2, 0) is 9.59 Å². The molecule has 0 aromatic heterocycles. The van der Waals surface area contributed by atoms with Crippen LogP contribution in [0.1, 0.15) is 13.3 Å². The van der Waals surface area contributed by atoms with Crippen LogP contribution >= 0.6 is 0 Å². The summed E-state index contributed by atoms with van der Waals surface area (Å²) >= 11 is 0. The molecular weight excluding hydrogens is 312 g/mol. The third kappa shape index (κ3) is 6.66. The first-order valence-corrected chi connectivity index (χ1v) is 7.66. The molecule has 0 heterocycles. The van der Waals surface area contributed by atoms with Crippen LogP contribution in [0.2, 0.25) is 0 Å². The number of methoxy groups -OCH3 is 1. The maximum Gasteiger partial charge on any atom is 0.321 e. The molecule has 0 fully saturated rings. The fourth-order valence-corrected chi connectivity index (χ4v) is 2.10. The summed E-state index contributed by atoms with van der Waals surface area (Å²) in [5.74, 6) is -0.168. The minimum atomic E-state index is -0.574. The molecule has 3 N–H and O–H groups in total. The predicted molar refractivity (Wildman–Crippen MR) is 91.0 cm³/mol. The van der Waals surface area contributed by atoms with Crippen LogP contribution in [0.15, 0.2) is 24.3 Å². The lowest BCUT2D eigenvalue weighted by Crippen LogP contribution is -2.45. The molecule has 0 radical (unpaired) electrons. The number of urea groups is 1. The molecule has 8 heteroatoms. The van der Waals surface area contributed by atoms with Gasteiger partial charge in [0.1, 0.15) is 5.75 Å². The van der Waals surface area contributed by atoms with E-state index < -0.39 is 11.9 Å². The average molecular weight is 336 g/mol. The molecule has 132 valence electrons. The summed E-state index contributed by atoms with van der Waals surface area (Å²) in [6.45, 7) is 2.50. The van der Waals surface area contributed by atoms with Gasteiger partial charge < -0.3 is 15.4 Å². The highest BCUT2D eigenvalue weighted by atomic mass is 16.5. The van der Waals surface area contributed by atoms with Crippen LogP contribution in [0.3, 0.4) is 0 Å². The summed E-state index contributed by atoms with van der Waals surface area (Å²) in [4.78, 5) is 36.8. The van der Waals surface area contributed by atoms with Crippen molar-refractivity contribution >= 4 is 23.5 Å². The number of carbonyl (C=O) groups is 3. The first-order valence-electron chi connectivity index (χ1n) is 7.66. The first-order chi connectivity index (χ1) is 11.5. The highest BCUT2D eigenvalue weighted by molar-refractivity contribution is 5.96. The van der Waals surface area contributed by atoms with Crippen molar-refractivity contribution in [3.8, 4) is 5.75 Å². The molecule has 1 rings (SSSR count). The van der Waals surface area contributed by atoms with Gasteiger partial charge in [-0.3, -0.25) is 19.8 Å². The SMILES string of the molecule is CCCN(CC(=O)NC(=O)NC)CC(=O)Nc1ccccc1OC. The topological polar surface area (TPSA) is 99.8 Å². The second-order valence-electron chi connectivity index (χ2n) is 5.09. The number of hydrogen-bond acceptors (Lipinski definition) is 5. The second-order valence-corrected chi connectivity index (χ2v) is 5.09. The van der Waals surface area contributed by atoms with Gasteiger partial charge in [-0.2, -0.15) is 0 Å². The number of benzene rings is 1. The zero-order valence-corrected chi connectivity index (χ0v) is 14.2. The van der Waals surface area contributed by atoms with Crippen LogP contribution in [0.25, 0.3) is 0 Å². The Hall–Kier alpha value is -2.61. The van der Waals surface area contributed by atoms with E-state index in [1.807, 2.05) is 6.92 Å². The standard InChI is InChI=1S/C16H24N4O4/c1-4-9-20(11-15(22)19-16(23)17-2)10-14(21)18-12-7-5-6-8-13(12)24-3/h5-8H,4,9-11H2,1-3H3,(H,18,21)(H2,17,19,22,23). The summed E-state index contributed by atoms with van der Waals surface area (Å²) in [5.41, 5.74) is 0.566. The van der Waals surface area contributed by atoms with Crippen molar-refractivity contribution in [1.82, 2.24) is 15.5 Å². The van der Waals surface area contributed by atoms with E-state index in [1.54, 1.807) is 29.2 Å². The maximum absolute atomic E-state index is 12.2. The number of imide groups is 1. The lowest BCUT2D eigenvalue weighted by molar-refractivity contribution is -0.122. The Morgan fingerprint density at radius 3 is 2.42 bits per heavy atom. The fourth-order valence-electron chi connectivity index (χ4n) is 2.10. The average Bonchev–Trinajstić information content (AvgIpc) is 2.55. The van der Waals surface area contributed by atoms with Gasteiger partial charge in [-0.15, -0.1) is 0 Å². The summed E-state index contributed by atoms with van der Waals surface area (Å²) in [7, 11) is 2.95. The molecule has 24 heavy (non-hydrogen) atoms. The normalized spacial score (nSPS) is 10.2. The van der Waals surface area contributed by atoms with Crippen molar-refractivity contribution in [2.45, 2.75) is 13.3 Å². The Labute approximate surface area is 141 Å².